The Morgan fingerprint density at radius 1 is 1.28 bits per heavy atom. The van der Waals surface area contributed by atoms with Gasteiger partial charge in [-0.15, -0.1) is 0 Å². The second-order valence-electron chi connectivity index (χ2n) is 5.72. The molecule has 2 N–H and O–H groups in total. The number of fused-ring (bicyclic) bond motifs is 1. The molecule has 2 aromatic rings. The van der Waals surface area contributed by atoms with Crippen molar-refractivity contribution < 1.29 is 5.79 Å². The largest absolute Gasteiger partial charge is 0.439 e. The number of nitrogens with zero attached hydrogens (tertiary/aromatic N) is 1. The quantitative estimate of drug-likeness (QED) is 0.896. The van der Waals surface area contributed by atoms with Crippen molar-refractivity contribution in [2.45, 2.75) is 31.7 Å². The van der Waals surface area contributed by atoms with Gasteiger partial charge in [-0.2, -0.15) is 0 Å². The molecule has 2 saturated carbocycles. The van der Waals surface area contributed by atoms with Crippen LogP contribution in [0.15, 0.2) is 28.7 Å². The highest BCUT2D eigenvalue weighted by Crippen LogP contribution is 2.53. The fraction of sp³-hybridized carbons (Fsp3) is 0.533. The van der Waals surface area contributed by atoms with Gasteiger partial charge in [0, 0.05) is 0 Å². The third-order valence-electron chi connectivity index (χ3n) is 4.28. The average molecular weight is 243 g/mol. The summed E-state index contributed by atoms with van der Waals surface area (Å²) in [5.74, 6) is 2.77. The molecule has 94 valence electrons. The Labute approximate surface area is 108 Å². The predicted octanol–water partition coefficient (Wildman–Crippen LogP) is 3.26. The van der Waals surface area contributed by atoms with Gasteiger partial charge in [-0.05, 0) is 55.6 Å². The lowest BCUT2D eigenvalue weighted by atomic mass is 9.90. The highest BCUT2D eigenvalue weighted by Gasteiger charge is 2.46. The van der Waals surface area contributed by atoms with Crippen molar-refractivity contribution in [1.29, 1.82) is 0 Å². The normalized spacial score (nSPS) is 22.4. The summed E-state index contributed by atoms with van der Waals surface area (Å²) in [6.07, 6.45) is 5.25. The maximum absolute atomic E-state index is 7.62. The summed E-state index contributed by atoms with van der Waals surface area (Å²) in [6, 6.07) is 5.65. The van der Waals surface area contributed by atoms with Crippen LogP contribution in [-0.2, 0) is 0 Å². The summed E-state index contributed by atoms with van der Waals surface area (Å²) in [6.45, 7) is 0. The van der Waals surface area contributed by atoms with Gasteiger partial charge in [0.15, 0.2) is 5.58 Å². The molecule has 3 heteroatoms. The zero-order valence-corrected chi connectivity index (χ0v) is 10.3. The molecule has 0 spiro atoms. The topological polar surface area (TPSA) is 52.0 Å². The molecular formula is C15H18N2O. The van der Waals surface area contributed by atoms with E-state index < -0.39 is 0 Å². The fourth-order valence-corrected chi connectivity index (χ4v) is 3.08. The molecule has 0 unspecified atom stereocenters. The Morgan fingerprint density at radius 3 is 2.67 bits per heavy atom. The summed E-state index contributed by atoms with van der Waals surface area (Å²) in [5, 5.41) is 0. The fourth-order valence-electron chi connectivity index (χ4n) is 3.08. The summed E-state index contributed by atoms with van der Waals surface area (Å²) in [5.41, 5.74) is 7.92. The second kappa shape index (κ2) is 3.82. The molecule has 0 saturated heterocycles. The lowest BCUT2D eigenvalue weighted by molar-refractivity contribution is 0.294. The molecule has 0 radical (unpaired) electrons. The first-order chi connectivity index (χ1) is 9.22. The van der Waals surface area contributed by atoms with Gasteiger partial charge < -0.3 is 10.2 Å². The minimum absolute atomic E-state index is 0.0819. The number of nitrogens with two attached hydrogens (primary N) is 1. The van der Waals surface area contributed by atoms with Crippen molar-refractivity contribution in [3.8, 4) is 0 Å². The zero-order valence-electron chi connectivity index (χ0n) is 11.3. The van der Waals surface area contributed by atoms with Crippen LogP contribution in [0.3, 0.4) is 0 Å². The first-order valence-electron chi connectivity index (χ1n) is 7.35. The molecule has 4 rings (SSSR count). The van der Waals surface area contributed by atoms with E-state index in [1.165, 1.54) is 25.7 Å². The van der Waals surface area contributed by atoms with E-state index in [9.17, 15) is 0 Å². The summed E-state index contributed by atoms with van der Waals surface area (Å²) in [7, 11) is 0. The van der Waals surface area contributed by atoms with Crippen molar-refractivity contribution in [3.05, 3.63) is 30.1 Å². The van der Waals surface area contributed by atoms with Crippen LogP contribution >= 0.6 is 0 Å². The van der Waals surface area contributed by atoms with Crippen molar-refractivity contribution in [2.75, 3.05) is 0 Å². The molecule has 3 nitrogen and oxygen atoms in total. The Morgan fingerprint density at radius 2 is 2.00 bits per heavy atom. The monoisotopic (exact) mass is 243 g/mol. The van der Waals surface area contributed by atoms with Crippen LogP contribution in [0.5, 0.6) is 0 Å². The molecule has 2 aliphatic rings. The van der Waals surface area contributed by atoms with Crippen LogP contribution < -0.4 is 5.73 Å². The molecule has 0 amide bonds. The third-order valence-corrected chi connectivity index (χ3v) is 4.28. The second-order valence-corrected chi connectivity index (χ2v) is 5.72. The SMILES string of the molecule is [2H]c1ccc2oc([C@H](N)C(C3CC3)C3CC3)nc2c1. The summed E-state index contributed by atoms with van der Waals surface area (Å²) >= 11 is 0. The van der Waals surface area contributed by atoms with Crippen LogP contribution in [0.4, 0.5) is 0 Å². The molecule has 2 fully saturated rings. The molecule has 0 bridgehead atoms. The van der Waals surface area contributed by atoms with Crippen molar-refractivity contribution >= 4 is 11.1 Å². The van der Waals surface area contributed by atoms with Crippen LogP contribution in [0.25, 0.3) is 11.1 Å². The van der Waals surface area contributed by atoms with E-state index in [2.05, 4.69) is 4.98 Å². The predicted molar refractivity (Wildman–Crippen MR) is 69.9 cm³/mol. The van der Waals surface area contributed by atoms with Crippen LogP contribution in [0.1, 0.15) is 39.0 Å². The van der Waals surface area contributed by atoms with Gasteiger partial charge in [0.05, 0.1) is 7.41 Å². The average Bonchev–Trinajstić information content (AvgIpc) is 3.30. The summed E-state index contributed by atoms with van der Waals surface area (Å²) < 4.78 is 13.4. The van der Waals surface area contributed by atoms with Crippen molar-refractivity contribution in [3.63, 3.8) is 0 Å². The van der Waals surface area contributed by atoms with Gasteiger partial charge >= 0.3 is 0 Å². The number of hydrogen-bond acceptors (Lipinski definition) is 3. The third kappa shape index (κ3) is 1.74. The van der Waals surface area contributed by atoms with Gasteiger partial charge in [0.25, 0.3) is 0 Å². The molecule has 1 atom stereocenters. The molecule has 1 heterocycles. The van der Waals surface area contributed by atoms with Crippen molar-refractivity contribution in [2.24, 2.45) is 23.5 Å². The number of aromatic nitrogens is 1. The van der Waals surface area contributed by atoms with Gasteiger partial charge in [-0.25, -0.2) is 4.98 Å². The highest BCUT2D eigenvalue weighted by molar-refractivity contribution is 5.72. The van der Waals surface area contributed by atoms with Gasteiger partial charge in [0.2, 0.25) is 5.89 Å². The lowest BCUT2D eigenvalue weighted by Gasteiger charge is -2.20. The van der Waals surface area contributed by atoms with E-state index in [-0.39, 0.29) is 6.04 Å². The Kier molecular flexibility index (Phi) is 2.03. The number of benzene rings is 1. The number of para-hydroxylation sites is 2. The zero-order chi connectivity index (χ0) is 13.0. The molecule has 1 aromatic heterocycles. The highest BCUT2D eigenvalue weighted by atomic mass is 16.3. The standard InChI is InChI=1S/C15H18N2O/c16-14(13(9-5-6-9)10-7-8-10)15-17-11-3-1-2-4-12(11)18-15/h1-4,9-10,13-14H,5-8,16H2/t14-/m1/s1/i1D. The minimum atomic E-state index is -0.0819. The number of rotatable bonds is 4. The van der Waals surface area contributed by atoms with Crippen LogP contribution in [-0.4, -0.2) is 4.98 Å². The van der Waals surface area contributed by atoms with Crippen molar-refractivity contribution in [1.82, 2.24) is 4.98 Å². The van der Waals surface area contributed by atoms with E-state index in [1.54, 1.807) is 12.1 Å². The van der Waals surface area contributed by atoms with E-state index in [0.717, 1.165) is 22.9 Å². The Hall–Kier alpha value is -1.35. The van der Waals surface area contributed by atoms with Crippen LogP contribution in [0.2, 0.25) is 0 Å². The maximum Gasteiger partial charge on any atom is 0.212 e. The van der Waals surface area contributed by atoms with E-state index in [0.29, 0.717) is 17.9 Å². The Balaban J connectivity index is 1.68. The van der Waals surface area contributed by atoms with Gasteiger partial charge in [-0.1, -0.05) is 12.1 Å². The number of oxazole rings is 1. The molecular weight excluding hydrogens is 224 g/mol. The molecule has 0 aliphatic heterocycles. The van der Waals surface area contributed by atoms with Crippen LogP contribution in [0, 0.1) is 17.8 Å². The molecule has 18 heavy (non-hydrogen) atoms. The molecule has 2 aliphatic carbocycles. The Bertz CT molecular complexity index is 604. The first-order valence-corrected chi connectivity index (χ1v) is 6.85. The lowest BCUT2D eigenvalue weighted by Crippen LogP contribution is -2.25. The van der Waals surface area contributed by atoms with Gasteiger partial charge in [-0.3, -0.25) is 0 Å². The summed E-state index contributed by atoms with van der Waals surface area (Å²) in [4.78, 5) is 4.50. The van der Waals surface area contributed by atoms with E-state index in [4.69, 9.17) is 11.5 Å². The number of hydrogen-bond donors (Lipinski definition) is 1. The van der Waals surface area contributed by atoms with Gasteiger partial charge in [0.1, 0.15) is 5.52 Å². The molecule has 1 aromatic carbocycles. The van der Waals surface area contributed by atoms with E-state index >= 15 is 0 Å². The minimum Gasteiger partial charge on any atom is -0.439 e. The first kappa shape index (κ1) is 9.56. The maximum atomic E-state index is 7.62. The smallest absolute Gasteiger partial charge is 0.212 e. The van der Waals surface area contributed by atoms with E-state index in [1.807, 2.05) is 6.07 Å².